The van der Waals surface area contributed by atoms with E-state index in [2.05, 4.69) is 109 Å². The van der Waals surface area contributed by atoms with Gasteiger partial charge in [-0.05, 0) is 52.4 Å². The van der Waals surface area contributed by atoms with Crippen molar-refractivity contribution in [1.82, 2.24) is 0 Å². The van der Waals surface area contributed by atoms with Crippen LogP contribution in [0, 0.1) is 11.8 Å². The van der Waals surface area contributed by atoms with Gasteiger partial charge in [-0.2, -0.15) is 0 Å². The molecule has 31 heavy (non-hydrogen) atoms. The first-order valence-corrected chi connectivity index (χ1v) is 12.1. The molecule has 1 atom stereocenters. The van der Waals surface area contributed by atoms with Crippen LogP contribution < -0.4 is 5.32 Å². The molecule has 0 amide bonds. The highest BCUT2D eigenvalue weighted by Gasteiger charge is 2.46. The Kier molecular flexibility index (Phi) is 5.66. The van der Waals surface area contributed by atoms with Crippen LogP contribution in [0.2, 0.25) is 0 Å². The lowest BCUT2D eigenvalue weighted by atomic mass is 9.71. The molecule has 1 aliphatic carbocycles. The van der Waals surface area contributed by atoms with Gasteiger partial charge in [0, 0.05) is 11.1 Å². The first-order valence-electron chi connectivity index (χ1n) is 12.1. The Hall–Kier alpha value is -2.28. The summed E-state index contributed by atoms with van der Waals surface area (Å²) >= 11 is 0. The van der Waals surface area contributed by atoms with Crippen LogP contribution in [0.15, 0.2) is 54.1 Å². The Morgan fingerprint density at radius 3 is 1.87 bits per heavy atom. The summed E-state index contributed by atoms with van der Waals surface area (Å²) in [5, 5.41) is 4.09. The maximum atomic E-state index is 4.09. The number of hydrogen-bond acceptors (Lipinski definition) is 1. The SMILES string of the molecule is CC(C)C1=C2c3cccc(-c4c(C(C)C)cccc4C(C)C)c3NC2(C(C)C)C=CC1. The van der Waals surface area contributed by atoms with Crippen LogP contribution in [0.1, 0.15) is 90.3 Å². The number of rotatable bonds is 5. The highest BCUT2D eigenvalue weighted by atomic mass is 15.0. The van der Waals surface area contributed by atoms with E-state index in [-0.39, 0.29) is 5.54 Å². The summed E-state index contributed by atoms with van der Waals surface area (Å²) in [5.41, 5.74) is 11.4. The topological polar surface area (TPSA) is 12.0 Å². The smallest absolute Gasteiger partial charge is 0.0839 e. The lowest BCUT2D eigenvalue weighted by molar-refractivity contribution is 0.509. The third-order valence-corrected chi connectivity index (χ3v) is 7.37. The molecule has 0 radical (unpaired) electrons. The second-order valence-corrected chi connectivity index (χ2v) is 10.7. The van der Waals surface area contributed by atoms with Gasteiger partial charge in [0.1, 0.15) is 0 Å². The van der Waals surface area contributed by atoms with Crippen LogP contribution >= 0.6 is 0 Å². The van der Waals surface area contributed by atoms with Gasteiger partial charge in [0.25, 0.3) is 0 Å². The zero-order valence-corrected chi connectivity index (χ0v) is 20.6. The first-order chi connectivity index (χ1) is 14.7. The summed E-state index contributed by atoms with van der Waals surface area (Å²) in [5.74, 6) is 1.98. The van der Waals surface area contributed by atoms with Crippen molar-refractivity contribution in [3.8, 4) is 11.1 Å². The van der Waals surface area contributed by atoms with Crippen molar-refractivity contribution >= 4 is 11.3 Å². The predicted octanol–water partition coefficient (Wildman–Crippen LogP) is 8.79. The predicted molar refractivity (Wildman–Crippen MR) is 137 cm³/mol. The van der Waals surface area contributed by atoms with Gasteiger partial charge in [0.15, 0.2) is 0 Å². The average Bonchev–Trinajstić information content (AvgIpc) is 3.09. The zero-order valence-electron chi connectivity index (χ0n) is 20.6. The van der Waals surface area contributed by atoms with Gasteiger partial charge < -0.3 is 5.32 Å². The molecular formula is C30H39N. The Balaban J connectivity index is 2.05. The van der Waals surface area contributed by atoms with Crippen molar-refractivity contribution in [1.29, 1.82) is 0 Å². The molecule has 164 valence electrons. The van der Waals surface area contributed by atoms with Gasteiger partial charge in [-0.25, -0.2) is 0 Å². The maximum Gasteiger partial charge on any atom is 0.0839 e. The minimum absolute atomic E-state index is 0.110. The fraction of sp³-hybridized carbons (Fsp3) is 0.467. The maximum absolute atomic E-state index is 4.09. The van der Waals surface area contributed by atoms with E-state index < -0.39 is 0 Å². The Bertz CT molecular complexity index is 1020. The number of hydrogen-bond donors (Lipinski definition) is 1. The van der Waals surface area contributed by atoms with Crippen molar-refractivity contribution in [3.63, 3.8) is 0 Å². The first kappa shape index (κ1) is 21.9. The van der Waals surface area contributed by atoms with Crippen LogP contribution in [0.25, 0.3) is 16.7 Å². The second-order valence-electron chi connectivity index (χ2n) is 10.7. The van der Waals surface area contributed by atoms with Gasteiger partial charge in [0.05, 0.1) is 11.2 Å². The summed E-state index contributed by atoms with van der Waals surface area (Å²) in [6, 6.07) is 13.8. The van der Waals surface area contributed by atoms with Crippen LogP contribution in [0.4, 0.5) is 5.69 Å². The molecule has 1 N–H and O–H groups in total. The average molecular weight is 414 g/mol. The molecule has 0 bridgehead atoms. The summed E-state index contributed by atoms with van der Waals surface area (Å²) in [7, 11) is 0. The van der Waals surface area contributed by atoms with Gasteiger partial charge in [0.2, 0.25) is 0 Å². The molecule has 2 aliphatic rings. The molecule has 0 saturated heterocycles. The normalized spacial score (nSPS) is 20.1. The van der Waals surface area contributed by atoms with Crippen LogP contribution in [-0.4, -0.2) is 5.54 Å². The van der Waals surface area contributed by atoms with Gasteiger partial charge in [-0.3, -0.25) is 0 Å². The minimum Gasteiger partial charge on any atom is -0.371 e. The molecule has 1 unspecified atom stereocenters. The van der Waals surface area contributed by atoms with E-state index >= 15 is 0 Å². The third kappa shape index (κ3) is 3.37. The summed E-state index contributed by atoms with van der Waals surface area (Å²) < 4.78 is 0. The third-order valence-electron chi connectivity index (χ3n) is 7.37. The Labute approximate surface area is 189 Å². The molecule has 0 fully saturated rings. The molecule has 1 heterocycles. The fourth-order valence-electron chi connectivity index (χ4n) is 5.65. The fourth-order valence-corrected chi connectivity index (χ4v) is 5.65. The van der Waals surface area contributed by atoms with Crippen molar-refractivity contribution in [3.05, 3.63) is 70.8 Å². The van der Waals surface area contributed by atoms with Crippen molar-refractivity contribution in [2.45, 2.75) is 79.2 Å². The molecular weight excluding hydrogens is 374 g/mol. The van der Waals surface area contributed by atoms with Crippen molar-refractivity contribution in [2.24, 2.45) is 11.8 Å². The summed E-state index contributed by atoms with van der Waals surface area (Å²) in [6.45, 7) is 18.7. The standard InChI is InChI=1S/C30H39N/c1-18(2)22-12-9-13-23(19(3)4)27(22)25-14-10-15-26-28-24(20(5)6)16-11-17-30(28,21(7)8)31-29(25)26/h9-15,17-21,31H,16H2,1-8H3. The van der Waals surface area contributed by atoms with Crippen molar-refractivity contribution in [2.75, 3.05) is 5.32 Å². The van der Waals surface area contributed by atoms with E-state index in [0.717, 1.165) is 6.42 Å². The van der Waals surface area contributed by atoms with E-state index in [1.807, 2.05) is 0 Å². The number of para-hydroxylation sites is 1. The largest absolute Gasteiger partial charge is 0.371 e. The van der Waals surface area contributed by atoms with E-state index in [4.69, 9.17) is 0 Å². The van der Waals surface area contributed by atoms with E-state index in [9.17, 15) is 0 Å². The van der Waals surface area contributed by atoms with Crippen LogP contribution in [0.5, 0.6) is 0 Å². The number of benzene rings is 2. The van der Waals surface area contributed by atoms with Gasteiger partial charge >= 0.3 is 0 Å². The minimum atomic E-state index is -0.110. The molecule has 0 spiro atoms. The number of allylic oxidation sites excluding steroid dienone is 2. The zero-order chi connectivity index (χ0) is 22.5. The second kappa shape index (κ2) is 8.01. The van der Waals surface area contributed by atoms with Gasteiger partial charge in [-0.1, -0.05) is 110 Å². The summed E-state index contributed by atoms with van der Waals surface area (Å²) in [4.78, 5) is 0. The molecule has 0 saturated carbocycles. The van der Waals surface area contributed by atoms with E-state index in [1.165, 1.54) is 39.1 Å². The molecule has 4 rings (SSSR count). The highest BCUT2D eigenvalue weighted by molar-refractivity contribution is 6.01. The molecule has 2 aromatic carbocycles. The van der Waals surface area contributed by atoms with Crippen LogP contribution in [0.3, 0.4) is 0 Å². The Morgan fingerprint density at radius 1 is 0.742 bits per heavy atom. The molecule has 1 nitrogen and oxygen atoms in total. The number of nitrogens with one attached hydrogen (secondary N) is 1. The monoisotopic (exact) mass is 413 g/mol. The lowest BCUT2D eigenvalue weighted by Gasteiger charge is -2.38. The highest BCUT2D eigenvalue weighted by Crippen LogP contribution is 2.55. The Morgan fingerprint density at radius 2 is 1.32 bits per heavy atom. The number of anilines is 1. The quantitative estimate of drug-likeness (QED) is 0.483. The van der Waals surface area contributed by atoms with Crippen LogP contribution in [-0.2, 0) is 0 Å². The van der Waals surface area contributed by atoms with Crippen molar-refractivity contribution < 1.29 is 0 Å². The molecule has 1 aliphatic heterocycles. The molecule has 2 aromatic rings. The number of fused-ring (bicyclic) bond motifs is 3. The van der Waals surface area contributed by atoms with E-state index in [0.29, 0.717) is 23.7 Å². The van der Waals surface area contributed by atoms with E-state index in [1.54, 1.807) is 5.57 Å². The summed E-state index contributed by atoms with van der Waals surface area (Å²) in [6.07, 6.45) is 5.89. The molecule has 0 aromatic heterocycles. The van der Waals surface area contributed by atoms with Gasteiger partial charge in [-0.15, -0.1) is 0 Å². The lowest BCUT2D eigenvalue weighted by Crippen LogP contribution is -2.41. The molecule has 1 heteroatoms.